The Morgan fingerprint density at radius 2 is 1.73 bits per heavy atom. The SMILES string of the molecule is C=CCNc1ccc2c(c1)Oc1cc(B(O)O)ccc1C21OC(=O)c2ccccc21. The quantitative estimate of drug-likeness (QED) is 0.355. The molecule has 6 nitrogen and oxygen atoms in total. The molecule has 3 N–H and O–H groups in total. The molecule has 0 amide bonds. The Bertz CT molecular complexity index is 1190. The van der Waals surface area contributed by atoms with Gasteiger partial charge in [0.05, 0.1) is 5.56 Å². The molecule has 3 aromatic rings. The maximum atomic E-state index is 12.8. The molecule has 2 heterocycles. The number of hydrogen-bond donors (Lipinski definition) is 3. The van der Waals surface area contributed by atoms with Gasteiger partial charge in [0.25, 0.3) is 0 Å². The molecule has 0 radical (unpaired) electrons. The van der Waals surface area contributed by atoms with Crippen LogP contribution in [0.2, 0.25) is 0 Å². The predicted octanol–water partition coefficient (Wildman–Crippen LogP) is 2.53. The number of benzene rings is 3. The van der Waals surface area contributed by atoms with E-state index in [-0.39, 0.29) is 5.46 Å². The van der Waals surface area contributed by atoms with Crippen molar-refractivity contribution in [3.63, 3.8) is 0 Å². The van der Waals surface area contributed by atoms with Crippen LogP contribution in [-0.2, 0) is 10.3 Å². The fourth-order valence-corrected chi connectivity index (χ4v) is 4.15. The first-order chi connectivity index (χ1) is 14.5. The summed E-state index contributed by atoms with van der Waals surface area (Å²) in [6, 6.07) is 17.8. The number of esters is 1. The standard InChI is InChI=1S/C23H18BNO5/c1-2-11-25-15-8-10-19-21(13-15)29-20-12-14(24(27)28)7-9-18(20)23(19)17-6-4-3-5-16(17)22(26)30-23/h2-10,12-13,25,27-28H,1,11H2. The molecule has 1 unspecified atom stereocenters. The van der Waals surface area contributed by atoms with E-state index in [0.717, 1.165) is 11.3 Å². The summed E-state index contributed by atoms with van der Waals surface area (Å²) in [5.41, 5.74) is 2.49. The molecule has 7 heteroatoms. The third-order valence-corrected chi connectivity index (χ3v) is 5.49. The predicted molar refractivity (Wildman–Crippen MR) is 113 cm³/mol. The molecule has 0 bridgehead atoms. The largest absolute Gasteiger partial charge is 0.488 e. The van der Waals surface area contributed by atoms with Crippen LogP contribution >= 0.6 is 0 Å². The summed E-state index contributed by atoms with van der Waals surface area (Å²) in [7, 11) is -1.64. The van der Waals surface area contributed by atoms with Gasteiger partial charge in [-0.25, -0.2) is 4.79 Å². The summed E-state index contributed by atoms with van der Waals surface area (Å²) in [5, 5.41) is 22.4. The first-order valence-corrected chi connectivity index (χ1v) is 9.55. The second-order valence-electron chi connectivity index (χ2n) is 7.23. The van der Waals surface area contributed by atoms with Gasteiger partial charge in [-0.1, -0.05) is 36.4 Å². The first kappa shape index (κ1) is 18.5. The van der Waals surface area contributed by atoms with E-state index in [4.69, 9.17) is 9.47 Å². The lowest BCUT2D eigenvalue weighted by atomic mass is 9.74. The number of fused-ring (bicyclic) bond motifs is 6. The summed E-state index contributed by atoms with van der Waals surface area (Å²) in [6.45, 7) is 4.29. The van der Waals surface area contributed by atoms with Crippen molar-refractivity contribution in [3.8, 4) is 11.5 Å². The van der Waals surface area contributed by atoms with E-state index in [9.17, 15) is 14.8 Å². The molecule has 0 saturated carbocycles. The van der Waals surface area contributed by atoms with E-state index >= 15 is 0 Å². The molecule has 2 aliphatic rings. The molecule has 0 aromatic heterocycles. The molecular weight excluding hydrogens is 381 g/mol. The lowest BCUT2D eigenvalue weighted by Crippen LogP contribution is -2.35. The van der Waals surface area contributed by atoms with Gasteiger partial charge in [-0.2, -0.15) is 0 Å². The summed E-state index contributed by atoms with van der Waals surface area (Å²) in [6.07, 6.45) is 1.75. The Labute approximate surface area is 173 Å². The molecular formula is C23H18BNO5. The van der Waals surface area contributed by atoms with E-state index in [1.165, 1.54) is 0 Å². The third kappa shape index (κ3) is 2.56. The molecule has 30 heavy (non-hydrogen) atoms. The molecule has 1 atom stereocenters. The zero-order valence-electron chi connectivity index (χ0n) is 16.0. The topological polar surface area (TPSA) is 88.0 Å². The van der Waals surface area contributed by atoms with Crippen LogP contribution in [-0.4, -0.2) is 29.7 Å². The summed E-state index contributed by atoms with van der Waals surface area (Å²) in [4.78, 5) is 12.8. The molecule has 5 rings (SSSR count). The van der Waals surface area contributed by atoms with Crippen LogP contribution in [0.3, 0.4) is 0 Å². The lowest BCUT2D eigenvalue weighted by molar-refractivity contribution is 0.0224. The van der Waals surface area contributed by atoms with Crippen molar-refractivity contribution in [2.45, 2.75) is 5.60 Å². The fourth-order valence-electron chi connectivity index (χ4n) is 4.15. The van der Waals surface area contributed by atoms with E-state index in [1.54, 1.807) is 36.4 Å². The number of carbonyl (C=O) groups excluding carboxylic acids is 1. The van der Waals surface area contributed by atoms with Gasteiger partial charge in [0.15, 0.2) is 5.60 Å². The summed E-state index contributed by atoms with van der Waals surface area (Å²) in [5.74, 6) is 0.508. The van der Waals surface area contributed by atoms with Crippen LogP contribution in [0.25, 0.3) is 0 Å². The van der Waals surface area contributed by atoms with E-state index in [2.05, 4.69) is 11.9 Å². The van der Waals surface area contributed by atoms with Crippen molar-refractivity contribution in [1.82, 2.24) is 0 Å². The first-order valence-electron chi connectivity index (χ1n) is 9.55. The van der Waals surface area contributed by atoms with Gasteiger partial charge in [-0.05, 0) is 29.7 Å². The van der Waals surface area contributed by atoms with Crippen LogP contribution < -0.4 is 15.5 Å². The zero-order valence-corrected chi connectivity index (χ0v) is 16.0. The Balaban J connectivity index is 1.77. The van der Waals surface area contributed by atoms with Gasteiger partial charge >= 0.3 is 13.1 Å². The highest BCUT2D eigenvalue weighted by Crippen LogP contribution is 2.56. The number of anilines is 1. The Kier molecular flexibility index (Phi) is 4.16. The Hall–Kier alpha value is -3.55. The average molecular weight is 399 g/mol. The zero-order chi connectivity index (χ0) is 20.9. The van der Waals surface area contributed by atoms with Crippen molar-refractivity contribution in [3.05, 3.63) is 95.6 Å². The van der Waals surface area contributed by atoms with Crippen molar-refractivity contribution < 1.29 is 24.3 Å². The lowest BCUT2D eigenvalue weighted by Gasteiger charge is -2.37. The van der Waals surface area contributed by atoms with Gasteiger partial charge in [-0.3, -0.25) is 0 Å². The fraction of sp³-hybridized carbons (Fsp3) is 0.0870. The molecule has 1 spiro atoms. The monoisotopic (exact) mass is 399 g/mol. The maximum absolute atomic E-state index is 12.8. The third-order valence-electron chi connectivity index (χ3n) is 5.49. The van der Waals surface area contributed by atoms with Crippen LogP contribution in [0.15, 0.2) is 73.3 Å². The van der Waals surface area contributed by atoms with Crippen LogP contribution in [0.5, 0.6) is 11.5 Å². The molecule has 0 fully saturated rings. The van der Waals surface area contributed by atoms with Gasteiger partial charge in [-0.15, -0.1) is 6.58 Å². The van der Waals surface area contributed by atoms with Crippen molar-refractivity contribution in [2.24, 2.45) is 0 Å². The van der Waals surface area contributed by atoms with Gasteiger partial charge in [0.1, 0.15) is 11.5 Å². The molecule has 0 saturated heterocycles. The van der Waals surface area contributed by atoms with Gasteiger partial charge < -0.3 is 24.8 Å². The smallest absolute Gasteiger partial charge is 0.456 e. The maximum Gasteiger partial charge on any atom is 0.488 e. The van der Waals surface area contributed by atoms with E-state index in [0.29, 0.717) is 34.7 Å². The normalized spacial score (nSPS) is 18.0. The van der Waals surface area contributed by atoms with Crippen LogP contribution in [0, 0.1) is 0 Å². The number of ether oxygens (including phenoxy) is 2. The Morgan fingerprint density at radius 1 is 1.00 bits per heavy atom. The highest BCUT2D eigenvalue weighted by molar-refractivity contribution is 6.58. The summed E-state index contributed by atoms with van der Waals surface area (Å²) < 4.78 is 12.2. The van der Waals surface area contributed by atoms with Crippen molar-refractivity contribution >= 4 is 24.2 Å². The van der Waals surface area contributed by atoms with Crippen molar-refractivity contribution in [2.75, 3.05) is 11.9 Å². The highest BCUT2D eigenvalue weighted by Gasteiger charge is 2.53. The second kappa shape index (κ2) is 6.76. The van der Waals surface area contributed by atoms with Gasteiger partial charge in [0.2, 0.25) is 0 Å². The number of nitrogens with one attached hydrogen (secondary N) is 1. The van der Waals surface area contributed by atoms with Crippen LogP contribution in [0.1, 0.15) is 27.0 Å². The average Bonchev–Trinajstić information content (AvgIpc) is 3.05. The van der Waals surface area contributed by atoms with Crippen molar-refractivity contribution in [1.29, 1.82) is 0 Å². The number of hydrogen-bond acceptors (Lipinski definition) is 6. The molecule has 3 aromatic carbocycles. The minimum atomic E-state index is -1.64. The van der Waals surface area contributed by atoms with Crippen LogP contribution in [0.4, 0.5) is 5.69 Å². The van der Waals surface area contributed by atoms with E-state index in [1.807, 2.05) is 30.3 Å². The molecule has 148 valence electrons. The highest BCUT2D eigenvalue weighted by atomic mass is 16.6. The minimum Gasteiger partial charge on any atom is -0.456 e. The number of carbonyl (C=O) groups is 1. The van der Waals surface area contributed by atoms with Gasteiger partial charge in [0, 0.05) is 35.0 Å². The second-order valence-corrected chi connectivity index (χ2v) is 7.23. The molecule has 0 aliphatic carbocycles. The minimum absolute atomic E-state index is 0.283. The molecule has 2 aliphatic heterocycles. The number of rotatable bonds is 4. The van der Waals surface area contributed by atoms with E-state index < -0.39 is 18.7 Å². The Morgan fingerprint density at radius 3 is 2.50 bits per heavy atom. The summed E-state index contributed by atoms with van der Waals surface area (Å²) >= 11 is 0.